The lowest BCUT2D eigenvalue weighted by Crippen LogP contribution is -2.38. The number of halogens is 3. The lowest BCUT2D eigenvalue weighted by atomic mass is 10.1. The molecule has 0 fully saturated rings. The van der Waals surface area contributed by atoms with Gasteiger partial charge in [-0.05, 0) is 36.3 Å². The summed E-state index contributed by atoms with van der Waals surface area (Å²) in [5, 5.41) is 7.19. The molecule has 1 aromatic heterocycles. The number of hydrogen-bond acceptors (Lipinski definition) is 4. The van der Waals surface area contributed by atoms with Crippen LogP contribution in [-0.4, -0.2) is 46.8 Å². The van der Waals surface area contributed by atoms with E-state index >= 15 is 0 Å². The summed E-state index contributed by atoms with van der Waals surface area (Å²) in [4.78, 5) is 18.2. The predicted octanol–water partition coefficient (Wildman–Crippen LogP) is 4.57. The monoisotopic (exact) mass is 475 g/mol. The Morgan fingerprint density at radius 2 is 1.71 bits per heavy atom. The fourth-order valence-electron chi connectivity index (χ4n) is 3.55. The molecule has 0 bridgehead atoms. The quantitative estimate of drug-likeness (QED) is 0.328. The Hall–Kier alpha value is -3.53. The summed E-state index contributed by atoms with van der Waals surface area (Å²) < 4.78 is 46.9. The van der Waals surface area contributed by atoms with Crippen molar-refractivity contribution in [2.24, 2.45) is 5.73 Å². The fraction of sp³-hybridized carbons (Fsp3) is 0.333. The molecule has 7 nitrogen and oxygen atoms in total. The van der Waals surface area contributed by atoms with Gasteiger partial charge in [-0.15, -0.1) is 0 Å². The largest absolute Gasteiger partial charge is 0.489 e. The Morgan fingerprint density at radius 3 is 2.26 bits per heavy atom. The molecule has 2 aromatic carbocycles. The first kappa shape index (κ1) is 25.1. The maximum Gasteiger partial charge on any atom is 0.417 e. The molecule has 0 aliphatic heterocycles. The van der Waals surface area contributed by atoms with Gasteiger partial charge in [0, 0.05) is 25.0 Å². The first-order valence-corrected chi connectivity index (χ1v) is 10.8. The topological polar surface area (TPSA) is 98.4 Å². The molecule has 0 saturated heterocycles. The molecular weight excluding hydrogens is 447 g/mol. The minimum absolute atomic E-state index is 0.0211. The molecule has 3 rings (SSSR count). The van der Waals surface area contributed by atoms with Crippen molar-refractivity contribution in [3.63, 3.8) is 0 Å². The smallest absolute Gasteiger partial charge is 0.417 e. The van der Waals surface area contributed by atoms with Gasteiger partial charge in [0.05, 0.1) is 11.1 Å². The number of carbonyl (C=O) groups is 1. The van der Waals surface area contributed by atoms with E-state index in [0.29, 0.717) is 0 Å². The van der Waals surface area contributed by atoms with Gasteiger partial charge in [-0.2, -0.15) is 13.2 Å². The number of fused-ring (bicyclic) bond motifs is 1. The second-order valence-electron chi connectivity index (χ2n) is 7.93. The molecule has 0 unspecified atom stereocenters. The van der Waals surface area contributed by atoms with Crippen LogP contribution in [0.15, 0.2) is 42.5 Å². The average Bonchev–Trinajstić information content (AvgIpc) is 3.23. The Balaban J connectivity index is 1.84. The van der Waals surface area contributed by atoms with Crippen LogP contribution in [0.1, 0.15) is 41.0 Å². The number of aromatic nitrogens is 1. The minimum Gasteiger partial charge on any atom is -0.489 e. The summed E-state index contributed by atoms with van der Waals surface area (Å²) in [6.45, 7) is 7.01. The number of alkyl halides is 3. The van der Waals surface area contributed by atoms with Crippen LogP contribution in [0.4, 0.5) is 13.2 Å². The van der Waals surface area contributed by atoms with E-state index in [4.69, 9.17) is 15.9 Å². The van der Waals surface area contributed by atoms with Crippen molar-refractivity contribution >= 4 is 22.8 Å². The number of nitrogens with two attached hydrogens (primary N) is 1. The molecule has 10 heteroatoms. The Kier molecular flexibility index (Phi) is 7.51. The summed E-state index contributed by atoms with van der Waals surface area (Å²) in [7, 11) is 1.27. The van der Waals surface area contributed by atoms with Crippen LogP contribution >= 0.6 is 0 Å². The van der Waals surface area contributed by atoms with Gasteiger partial charge >= 0.3 is 6.18 Å². The van der Waals surface area contributed by atoms with Gasteiger partial charge in [0.1, 0.15) is 18.1 Å². The van der Waals surface area contributed by atoms with Gasteiger partial charge < -0.3 is 15.5 Å². The number of guanidine groups is 1. The summed E-state index contributed by atoms with van der Waals surface area (Å²) >= 11 is 0. The molecule has 0 radical (unpaired) electrons. The van der Waals surface area contributed by atoms with Crippen LogP contribution in [0.3, 0.4) is 0 Å². The number of amides is 1. The predicted molar refractivity (Wildman–Crippen MR) is 125 cm³/mol. The molecule has 3 aromatic rings. The molecule has 0 aliphatic rings. The van der Waals surface area contributed by atoms with Crippen LogP contribution in [0, 0.1) is 5.41 Å². The van der Waals surface area contributed by atoms with Gasteiger partial charge in [0.2, 0.25) is 0 Å². The SMILES string of the molecule is CCN(CC)Cc1ccc(COc2cc(C(F)(F)F)c3cc(C(=O)N(C)C(=N)N)[nH]c3c2)cc1. The van der Waals surface area contributed by atoms with Crippen LogP contribution in [0.25, 0.3) is 10.9 Å². The van der Waals surface area contributed by atoms with E-state index in [9.17, 15) is 18.0 Å². The normalized spacial score (nSPS) is 11.7. The molecule has 0 spiro atoms. The number of nitrogens with one attached hydrogen (secondary N) is 2. The average molecular weight is 476 g/mol. The highest BCUT2D eigenvalue weighted by Gasteiger charge is 2.34. The zero-order valence-electron chi connectivity index (χ0n) is 19.3. The summed E-state index contributed by atoms with van der Waals surface area (Å²) in [6, 6.07) is 11.2. The molecule has 0 aliphatic carbocycles. The summed E-state index contributed by atoms with van der Waals surface area (Å²) in [5.41, 5.74) is 6.34. The van der Waals surface area contributed by atoms with Gasteiger partial charge in [0.15, 0.2) is 5.96 Å². The number of aromatic amines is 1. The maximum absolute atomic E-state index is 13.7. The minimum atomic E-state index is -4.65. The number of ether oxygens (including phenoxy) is 1. The number of hydrogen-bond donors (Lipinski definition) is 3. The number of rotatable bonds is 8. The Morgan fingerprint density at radius 1 is 1.09 bits per heavy atom. The van der Waals surface area contributed by atoms with Gasteiger partial charge in [-0.1, -0.05) is 38.1 Å². The highest BCUT2D eigenvalue weighted by Crippen LogP contribution is 2.38. The highest BCUT2D eigenvalue weighted by molar-refractivity contribution is 6.06. The van der Waals surface area contributed by atoms with Crippen molar-refractivity contribution in [3.05, 3.63) is 64.8 Å². The third kappa shape index (κ3) is 5.69. The zero-order chi connectivity index (χ0) is 25.0. The fourth-order valence-corrected chi connectivity index (χ4v) is 3.55. The summed E-state index contributed by atoms with van der Waals surface area (Å²) in [5.74, 6) is -1.22. The van der Waals surface area contributed by atoms with E-state index in [1.165, 1.54) is 13.1 Å². The van der Waals surface area contributed by atoms with E-state index in [0.717, 1.165) is 47.8 Å². The lowest BCUT2D eigenvalue weighted by Gasteiger charge is -2.18. The second kappa shape index (κ2) is 10.2. The van der Waals surface area contributed by atoms with Gasteiger partial charge in [-0.3, -0.25) is 20.0 Å². The van der Waals surface area contributed by atoms with Crippen LogP contribution < -0.4 is 10.5 Å². The zero-order valence-corrected chi connectivity index (χ0v) is 19.3. The highest BCUT2D eigenvalue weighted by atomic mass is 19.4. The Bertz CT molecular complexity index is 1170. The van der Waals surface area contributed by atoms with Crippen LogP contribution in [-0.2, 0) is 19.3 Å². The molecule has 34 heavy (non-hydrogen) atoms. The van der Waals surface area contributed by atoms with E-state index in [-0.39, 0.29) is 29.0 Å². The molecule has 4 N–H and O–H groups in total. The van der Waals surface area contributed by atoms with Crippen LogP contribution in [0.2, 0.25) is 0 Å². The number of H-pyrrole nitrogens is 1. The number of benzene rings is 2. The first-order valence-electron chi connectivity index (χ1n) is 10.8. The second-order valence-corrected chi connectivity index (χ2v) is 7.93. The van der Waals surface area contributed by atoms with Gasteiger partial charge in [0.25, 0.3) is 5.91 Å². The van der Waals surface area contributed by atoms with Crippen molar-refractivity contribution in [3.8, 4) is 5.75 Å². The molecule has 0 atom stereocenters. The molecule has 1 heterocycles. The van der Waals surface area contributed by atoms with E-state index in [1.54, 1.807) is 0 Å². The van der Waals surface area contributed by atoms with E-state index < -0.39 is 23.6 Å². The molecule has 182 valence electrons. The molecule has 0 saturated carbocycles. The Labute approximate surface area is 195 Å². The number of carbonyl (C=O) groups excluding carboxylic acids is 1. The van der Waals surface area contributed by atoms with Gasteiger partial charge in [-0.25, -0.2) is 0 Å². The van der Waals surface area contributed by atoms with Crippen molar-refractivity contribution < 1.29 is 22.7 Å². The molecular formula is C24H28F3N5O2. The third-order valence-electron chi connectivity index (χ3n) is 5.64. The number of nitrogens with zero attached hydrogens (tertiary/aromatic N) is 2. The van der Waals surface area contributed by atoms with E-state index in [1.807, 2.05) is 24.3 Å². The summed E-state index contributed by atoms with van der Waals surface area (Å²) in [6.07, 6.45) is -4.65. The standard InChI is InChI=1S/C24H28F3N5O2/c1-4-32(5-2)13-15-6-8-16(9-7-15)14-34-17-10-19(24(25,26)27)18-12-21(30-20(18)11-17)22(33)31(3)23(28)29/h6-12,30H,4-5,13-14H2,1-3H3,(H3,28,29). The van der Waals surface area contributed by atoms with Crippen molar-refractivity contribution in [2.75, 3.05) is 20.1 Å². The van der Waals surface area contributed by atoms with E-state index in [2.05, 4.69) is 23.7 Å². The van der Waals surface area contributed by atoms with Crippen LogP contribution in [0.5, 0.6) is 5.75 Å². The molecule has 1 amide bonds. The third-order valence-corrected chi connectivity index (χ3v) is 5.64. The maximum atomic E-state index is 13.7. The van der Waals surface area contributed by atoms with Crippen molar-refractivity contribution in [2.45, 2.75) is 33.2 Å². The van der Waals surface area contributed by atoms with Crippen molar-refractivity contribution in [1.29, 1.82) is 5.41 Å². The first-order chi connectivity index (χ1) is 16.0. The van der Waals surface area contributed by atoms with Crippen molar-refractivity contribution in [1.82, 2.24) is 14.8 Å². The lowest BCUT2D eigenvalue weighted by molar-refractivity contribution is -0.136.